The van der Waals surface area contributed by atoms with E-state index in [1.165, 1.54) is 45.2 Å². The van der Waals surface area contributed by atoms with Gasteiger partial charge in [-0.2, -0.15) is 0 Å². The molecule has 2 aliphatic carbocycles. The largest absolute Gasteiger partial charge is 0.329 e. The molecular weight excluding hydrogens is 184 g/mol. The molecule has 2 saturated carbocycles. The molecule has 86 valence electrons. The van der Waals surface area contributed by atoms with E-state index in [0.717, 1.165) is 24.3 Å². The molecule has 0 aromatic rings. The predicted molar refractivity (Wildman–Crippen MR) is 62.6 cm³/mol. The van der Waals surface area contributed by atoms with Crippen LogP contribution in [0.2, 0.25) is 0 Å². The van der Waals surface area contributed by atoms with E-state index in [4.69, 9.17) is 5.73 Å². The van der Waals surface area contributed by atoms with Crippen molar-refractivity contribution in [1.29, 1.82) is 0 Å². The Morgan fingerprint density at radius 2 is 1.80 bits per heavy atom. The Balaban J connectivity index is 1.68. The van der Waals surface area contributed by atoms with E-state index in [-0.39, 0.29) is 0 Å². The minimum absolute atomic E-state index is 0.420. The number of nitrogens with zero attached hydrogens (tertiary/aromatic N) is 1. The van der Waals surface area contributed by atoms with Crippen LogP contribution in [0.25, 0.3) is 0 Å². The molecule has 0 aromatic heterocycles. The summed E-state index contributed by atoms with van der Waals surface area (Å²) in [6.07, 6.45) is 7.15. The van der Waals surface area contributed by atoms with Crippen LogP contribution < -0.4 is 5.73 Å². The van der Waals surface area contributed by atoms with Crippen molar-refractivity contribution < 1.29 is 0 Å². The lowest BCUT2D eigenvalue weighted by Crippen LogP contribution is -2.60. The second-order valence-electron chi connectivity index (χ2n) is 6.30. The molecule has 2 unspecified atom stereocenters. The summed E-state index contributed by atoms with van der Waals surface area (Å²) in [6, 6.07) is 0. The van der Waals surface area contributed by atoms with Crippen molar-refractivity contribution in [2.45, 2.75) is 44.6 Å². The third-order valence-corrected chi connectivity index (χ3v) is 5.23. The Kier molecular flexibility index (Phi) is 2.33. The van der Waals surface area contributed by atoms with Gasteiger partial charge in [-0.25, -0.2) is 0 Å². The number of likely N-dealkylation sites (tertiary alicyclic amines) is 1. The number of hydrogen-bond donors (Lipinski definition) is 1. The van der Waals surface area contributed by atoms with Crippen molar-refractivity contribution in [1.82, 2.24) is 4.90 Å². The first kappa shape index (κ1) is 10.1. The minimum atomic E-state index is 0.420. The van der Waals surface area contributed by atoms with Crippen molar-refractivity contribution in [3.05, 3.63) is 0 Å². The average Bonchev–Trinajstić information content (AvgIpc) is 2.71. The van der Waals surface area contributed by atoms with Crippen molar-refractivity contribution >= 4 is 0 Å². The molecule has 2 N–H and O–H groups in total. The third kappa shape index (κ3) is 1.45. The van der Waals surface area contributed by atoms with E-state index in [9.17, 15) is 0 Å². The van der Waals surface area contributed by atoms with Crippen LogP contribution in [0.3, 0.4) is 0 Å². The Morgan fingerprint density at radius 3 is 2.27 bits per heavy atom. The van der Waals surface area contributed by atoms with Crippen LogP contribution in [0.1, 0.15) is 39.0 Å². The predicted octanol–water partition coefficient (Wildman–Crippen LogP) is 1.85. The topological polar surface area (TPSA) is 29.3 Å². The van der Waals surface area contributed by atoms with Gasteiger partial charge in [-0.3, -0.25) is 4.90 Å². The lowest BCUT2D eigenvalue weighted by Gasteiger charge is -2.52. The summed E-state index contributed by atoms with van der Waals surface area (Å²) in [4.78, 5) is 2.75. The molecule has 3 aliphatic rings. The van der Waals surface area contributed by atoms with Crippen LogP contribution in [-0.2, 0) is 0 Å². The summed E-state index contributed by atoms with van der Waals surface area (Å²) in [5.41, 5.74) is 6.44. The van der Waals surface area contributed by atoms with Crippen LogP contribution in [-0.4, -0.2) is 30.1 Å². The van der Waals surface area contributed by atoms with Gasteiger partial charge in [0.25, 0.3) is 0 Å². The van der Waals surface area contributed by atoms with E-state index < -0.39 is 0 Å². The van der Waals surface area contributed by atoms with Crippen LogP contribution >= 0.6 is 0 Å². The van der Waals surface area contributed by atoms with E-state index in [0.29, 0.717) is 5.54 Å². The van der Waals surface area contributed by atoms with Crippen LogP contribution in [0.5, 0.6) is 0 Å². The molecule has 3 rings (SSSR count). The van der Waals surface area contributed by atoms with Gasteiger partial charge < -0.3 is 5.73 Å². The molecule has 2 atom stereocenters. The van der Waals surface area contributed by atoms with Crippen LogP contribution in [0, 0.1) is 17.8 Å². The summed E-state index contributed by atoms with van der Waals surface area (Å²) in [7, 11) is 0. The highest BCUT2D eigenvalue weighted by Crippen LogP contribution is 2.47. The van der Waals surface area contributed by atoms with Gasteiger partial charge in [-0.05, 0) is 43.4 Å². The van der Waals surface area contributed by atoms with Gasteiger partial charge in [0.15, 0.2) is 0 Å². The van der Waals surface area contributed by atoms with Crippen molar-refractivity contribution in [2.75, 3.05) is 19.6 Å². The van der Waals surface area contributed by atoms with Gasteiger partial charge in [-0.15, -0.1) is 0 Å². The average molecular weight is 208 g/mol. The number of rotatable bonds is 2. The van der Waals surface area contributed by atoms with Crippen molar-refractivity contribution in [3.8, 4) is 0 Å². The number of hydrogen-bond acceptors (Lipinski definition) is 2. The lowest BCUT2D eigenvalue weighted by atomic mass is 9.68. The van der Waals surface area contributed by atoms with Crippen LogP contribution in [0.4, 0.5) is 0 Å². The zero-order valence-electron chi connectivity index (χ0n) is 9.91. The molecule has 2 heteroatoms. The second kappa shape index (κ2) is 3.46. The van der Waals surface area contributed by atoms with Crippen molar-refractivity contribution in [2.24, 2.45) is 23.5 Å². The van der Waals surface area contributed by atoms with Crippen LogP contribution in [0.15, 0.2) is 0 Å². The maximum atomic E-state index is 6.02. The fraction of sp³-hybridized carbons (Fsp3) is 1.00. The molecule has 0 spiro atoms. The zero-order valence-corrected chi connectivity index (χ0v) is 9.91. The summed E-state index contributed by atoms with van der Waals surface area (Å²) in [5, 5.41) is 0. The maximum Gasteiger partial charge on any atom is 0.0337 e. The first-order chi connectivity index (χ1) is 7.23. The third-order valence-electron chi connectivity index (χ3n) is 5.23. The molecule has 0 amide bonds. The smallest absolute Gasteiger partial charge is 0.0337 e. The quantitative estimate of drug-likeness (QED) is 0.750. The summed E-state index contributed by atoms with van der Waals surface area (Å²) < 4.78 is 0. The van der Waals surface area contributed by atoms with Gasteiger partial charge in [0.2, 0.25) is 0 Å². The van der Waals surface area contributed by atoms with Crippen molar-refractivity contribution in [3.63, 3.8) is 0 Å². The van der Waals surface area contributed by atoms with E-state index >= 15 is 0 Å². The summed E-state index contributed by atoms with van der Waals surface area (Å²) in [6.45, 7) is 5.96. The minimum Gasteiger partial charge on any atom is -0.329 e. The van der Waals surface area contributed by atoms with Gasteiger partial charge in [-0.1, -0.05) is 13.3 Å². The zero-order chi connectivity index (χ0) is 10.5. The number of nitrogens with two attached hydrogens (primary N) is 1. The molecule has 1 heterocycles. The van der Waals surface area contributed by atoms with Gasteiger partial charge in [0.05, 0.1) is 0 Å². The Labute approximate surface area is 93.2 Å². The molecule has 15 heavy (non-hydrogen) atoms. The fourth-order valence-electron chi connectivity index (χ4n) is 4.41. The van der Waals surface area contributed by atoms with E-state index in [1.807, 2.05) is 0 Å². The highest BCUT2D eigenvalue weighted by molar-refractivity contribution is 5.06. The molecule has 0 aromatic carbocycles. The fourth-order valence-corrected chi connectivity index (χ4v) is 4.41. The standard InChI is InChI=1S/C13H24N2/c1-10-5-13(6-10,9-14)15-7-11-3-2-4-12(11)8-15/h10-12H,2-9,14H2,1H3. The van der Waals surface area contributed by atoms with Gasteiger partial charge >= 0.3 is 0 Å². The summed E-state index contributed by atoms with van der Waals surface area (Å²) >= 11 is 0. The highest BCUT2D eigenvalue weighted by atomic mass is 15.2. The second-order valence-corrected chi connectivity index (χ2v) is 6.30. The van der Waals surface area contributed by atoms with E-state index in [1.54, 1.807) is 0 Å². The van der Waals surface area contributed by atoms with E-state index in [2.05, 4.69) is 11.8 Å². The molecule has 3 fully saturated rings. The molecule has 1 saturated heterocycles. The maximum absolute atomic E-state index is 6.02. The first-order valence-electron chi connectivity index (χ1n) is 6.69. The Bertz CT molecular complexity index is 233. The van der Waals surface area contributed by atoms with Gasteiger partial charge in [0, 0.05) is 25.2 Å². The molecule has 2 nitrogen and oxygen atoms in total. The Morgan fingerprint density at radius 1 is 1.20 bits per heavy atom. The van der Waals surface area contributed by atoms with Gasteiger partial charge in [0.1, 0.15) is 0 Å². The molecular formula is C13H24N2. The highest BCUT2D eigenvalue weighted by Gasteiger charge is 2.50. The lowest BCUT2D eigenvalue weighted by molar-refractivity contribution is -0.00149. The molecule has 1 aliphatic heterocycles. The Hall–Kier alpha value is -0.0800. The molecule has 0 bridgehead atoms. The monoisotopic (exact) mass is 208 g/mol. The molecule has 0 radical (unpaired) electrons. The summed E-state index contributed by atoms with van der Waals surface area (Å²) in [5.74, 6) is 2.95. The number of fused-ring (bicyclic) bond motifs is 1. The SMILES string of the molecule is CC1CC(CN)(N2CC3CCCC3C2)C1. The normalized spacial score (nSPS) is 50.4. The first-order valence-corrected chi connectivity index (χ1v) is 6.69.